The van der Waals surface area contributed by atoms with Crippen molar-refractivity contribution in [2.75, 3.05) is 26.9 Å². The number of benzene rings is 1. The van der Waals surface area contributed by atoms with Crippen LogP contribution in [-0.2, 0) is 16.1 Å². The van der Waals surface area contributed by atoms with Crippen LogP contribution in [0, 0.1) is 0 Å². The summed E-state index contributed by atoms with van der Waals surface area (Å²) >= 11 is 0. The molecule has 0 fully saturated rings. The summed E-state index contributed by atoms with van der Waals surface area (Å²) in [6.07, 6.45) is 0. The normalized spacial score (nSPS) is 17.4. The molecule has 0 saturated carbocycles. The van der Waals surface area contributed by atoms with E-state index in [2.05, 4.69) is 0 Å². The van der Waals surface area contributed by atoms with E-state index in [1.165, 1.54) is 7.11 Å². The highest BCUT2D eigenvalue weighted by Crippen LogP contribution is 2.23. The quantitative estimate of drug-likeness (QED) is 0.864. The Morgan fingerprint density at radius 2 is 2.33 bits per heavy atom. The van der Waals surface area contributed by atoms with Crippen LogP contribution in [0.2, 0.25) is 0 Å². The van der Waals surface area contributed by atoms with Crippen molar-refractivity contribution in [2.45, 2.75) is 12.6 Å². The number of carboxylic acid groups (broad SMARTS) is 1. The fourth-order valence-corrected chi connectivity index (χ4v) is 2.10. The highest BCUT2D eigenvalue weighted by Gasteiger charge is 2.27. The van der Waals surface area contributed by atoms with Gasteiger partial charge in [-0.15, -0.1) is 0 Å². The van der Waals surface area contributed by atoms with Gasteiger partial charge in [0.15, 0.2) is 0 Å². The molecule has 0 aliphatic carbocycles. The fraction of sp³-hybridized carbons (Fsp3) is 0.462. The molecule has 5 heteroatoms. The minimum absolute atomic E-state index is 0.178. The van der Waals surface area contributed by atoms with Crippen LogP contribution in [-0.4, -0.2) is 48.9 Å². The standard InChI is InChI=1S/C13H17NO4/c1-17-9-11(13(15)16)14-6-7-18-12-5-3-2-4-10(12)8-14/h2-5,11H,6-9H2,1H3,(H,15,16). The van der Waals surface area contributed by atoms with Gasteiger partial charge in [0.05, 0.1) is 6.61 Å². The zero-order chi connectivity index (χ0) is 13.0. The molecule has 1 aliphatic heterocycles. The maximum Gasteiger partial charge on any atom is 0.323 e. The predicted molar refractivity (Wildman–Crippen MR) is 65.6 cm³/mol. The number of ether oxygens (including phenoxy) is 2. The fourth-order valence-electron chi connectivity index (χ4n) is 2.10. The van der Waals surface area contributed by atoms with Gasteiger partial charge < -0.3 is 14.6 Å². The zero-order valence-corrected chi connectivity index (χ0v) is 10.3. The number of carbonyl (C=O) groups is 1. The van der Waals surface area contributed by atoms with Crippen molar-refractivity contribution < 1.29 is 19.4 Å². The van der Waals surface area contributed by atoms with E-state index in [1.807, 2.05) is 29.2 Å². The molecule has 0 radical (unpaired) electrons. The van der Waals surface area contributed by atoms with Crippen molar-refractivity contribution in [1.29, 1.82) is 0 Å². The lowest BCUT2D eigenvalue weighted by atomic mass is 10.1. The Labute approximate surface area is 106 Å². The second kappa shape index (κ2) is 5.84. The monoisotopic (exact) mass is 251 g/mol. The van der Waals surface area contributed by atoms with Crippen molar-refractivity contribution in [3.05, 3.63) is 29.8 Å². The average molecular weight is 251 g/mol. The van der Waals surface area contributed by atoms with Gasteiger partial charge in [-0.25, -0.2) is 0 Å². The summed E-state index contributed by atoms with van der Waals surface area (Å²) in [6.45, 7) is 1.81. The molecule has 18 heavy (non-hydrogen) atoms. The number of hydrogen-bond donors (Lipinski definition) is 1. The van der Waals surface area contributed by atoms with E-state index < -0.39 is 12.0 Å². The maximum absolute atomic E-state index is 11.3. The topological polar surface area (TPSA) is 59.0 Å². The summed E-state index contributed by atoms with van der Waals surface area (Å²) in [6, 6.07) is 7.07. The molecular weight excluding hydrogens is 234 g/mol. The number of fused-ring (bicyclic) bond motifs is 1. The van der Waals surface area contributed by atoms with E-state index in [4.69, 9.17) is 9.47 Å². The van der Waals surface area contributed by atoms with Crippen molar-refractivity contribution in [1.82, 2.24) is 4.90 Å². The first-order valence-corrected chi connectivity index (χ1v) is 5.89. The second-order valence-electron chi connectivity index (χ2n) is 4.24. The number of carboxylic acids is 1. The number of para-hydroxylation sites is 1. The number of methoxy groups -OCH3 is 1. The van der Waals surface area contributed by atoms with Crippen LogP contribution in [0.4, 0.5) is 0 Å². The number of rotatable bonds is 4. The van der Waals surface area contributed by atoms with Gasteiger partial charge in [-0.1, -0.05) is 18.2 Å². The van der Waals surface area contributed by atoms with Crippen molar-refractivity contribution >= 4 is 5.97 Å². The summed E-state index contributed by atoms with van der Waals surface area (Å²) in [5.74, 6) is -0.0298. The molecule has 1 aromatic carbocycles. The minimum atomic E-state index is -0.865. The second-order valence-corrected chi connectivity index (χ2v) is 4.24. The van der Waals surface area contributed by atoms with Crippen molar-refractivity contribution in [3.63, 3.8) is 0 Å². The molecule has 98 valence electrons. The van der Waals surface area contributed by atoms with Crippen molar-refractivity contribution in [2.24, 2.45) is 0 Å². The van der Waals surface area contributed by atoms with Crippen LogP contribution in [0.3, 0.4) is 0 Å². The molecular formula is C13H17NO4. The minimum Gasteiger partial charge on any atom is -0.492 e. The van der Waals surface area contributed by atoms with E-state index in [1.54, 1.807) is 0 Å². The van der Waals surface area contributed by atoms with E-state index in [0.29, 0.717) is 19.7 Å². The average Bonchev–Trinajstić information content (AvgIpc) is 2.57. The third kappa shape index (κ3) is 2.80. The number of aliphatic carboxylic acids is 1. The first-order valence-electron chi connectivity index (χ1n) is 5.89. The van der Waals surface area contributed by atoms with E-state index in [0.717, 1.165) is 11.3 Å². The number of nitrogens with zero attached hydrogens (tertiary/aromatic N) is 1. The smallest absolute Gasteiger partial charge is 0.323 e. The Kier molecular flexibility index (Phi) is 4.17. The Hall–Kier alpha value is -1.59. The molecule has 1 aliphatic rings. The molecule has 1 aromatic rings. The van der Waals surface area contributed by atoms with Gasteiger partial charge in [0.2, 0.25) is 0 Å². The lowest BCUT2D eigenvalue weighted by Gasteiger charge is -2.26. The highest BCUT2D eigenvalue weighted by molar-refractivity contribution is 5.73. The van der Waals surface area contributed by atoms with E-state index >= 15 is 0 Å². The zero-order valence-electron chi connectivity index (χ0n) is 10.3. The summed E-state index contributed by atoms with van der Waals surface area (Å²) in [4.78, 5) is 13.1. The first-order chi connectivity index (χ1) is 8.72. The summed E-state index contributed by atoms with van der Waals surface area (Å²) in [5, 5.41) is 9.23. The molecule has 1 N–H and O–H groups in total. The molecule has 0 amide bonds. The van der Waals surface area contributed by atoms with Crippen molar-refractivity contribution in [3.8, 4) is 5.75 Å². The van der Waals surface area contributed by atoms with Gasteiger partial charge in [0.25, 0.3) is 0 Å². The van der Waals surface area contributed by atoms with Crippen LogP contribution in [0.5, 0.6) is 5.75 Å². The van der Waals surface area contributed by atoms with Gasteiger partial charge in [-0.3, -0.25) is 9.69 Å². The molecule has 0 aromatic heterocycles. The van der Waals surface area contributed by atoms with Crippen LogP contribution in [0.15, 0.2) is 24.3 Å². The Morgan fingerprint density at radius 1 is 1.56 bits per heavy atom. The van der Waals surface area contributed by atoms with Crippen LogP contribution in [0.25, 0.3) is 0 Å². The van der Waals surface area contributed by atoms with Crippen LogP contribution >= 0.6 is 0 Å². The first kappa shape index (κ1) is 12.9. The molecule has 1 unspecified atom stereocenters. The lowest BCUT2D eigenvalue weighted by molar-refractivity contribution is -0.145. The summed E-state index contributed by atoms with van der Waals surface area (Å²) in [5.41, 5.74) is 1.01. The molecule has 5 nitrogen and oxygen atoms in total. The van der Waals surface area contributed by atoms with Gasteiger partial charge in [0, 0.05) is 25.8 Å². The molecule has 2 rings (SSSR count). The van der Waals surface area contributed by atoms with E-state index in [-0.39, 0.29) is 6.61 Å². The van der Waals surface area contributed by atoms with Gasteiger partial charge in [0.1, 0.15) is 18.4 Å². The third-order valence-corrected chi connectivity index (χ3v) is 3.03. The van der Waals surface area contributed by atoms with Crippen LogP contribution in [0.1, 0.15) is 5.56 Å². The van der Waals surface area contributed by atoms with E-state index in [9.17, 15) is 9.90 Å². The predicted octanol–water partition coefficient (Wildman–Crippen LogP) is 0.981. The summed E-state index contributed by atoms with van der Waals surface area (Å²) < 4.78 is 10.6. The molecule has 1 atom stereocenters. The SMILES string of the molecule is COCC(C(=O)O)N1CCOc2ccccc2C1. The van der Waals surface area contributed by atoms with Gasteiger partial charge in [-0.05, 0) is 6.07 Å². The van der Waals surface area contributed by atoms with Crippen LogP contribution < -0.4 is 4.74 Å². The van der Waals surface area contributed by atoms with Gasteiger partial charge >= 0.3 is 5.97 Å². The Bertz CT molecular complexity index is 421. The number of hydrogen-bond acceptors (Lipinski definition) is 4. The highest BCUT2D eigenvalue weighted by atomic mass is 16.5. The largest absolute Gasteiger partial charge is 0.492 e. The summed E-state index contributed by atoms with van der Waals surface area (Å²) in [7, 11) is 1.51. The molecule has 1 heterocycles. The Morgan fingerprint density at radius 3 is 3.06 bits per heavy atom. The third-order valence-electron chi connectivity index (χ3n) is 3.03. The molecule has 0 spiro atoms. The maximum atomic E-state index is 11.3. The molecule has 0 saturated heterocycles. The molecule has 0 bridgehead atoms. The Balaban J connectivity index is 2.18. The van der Waals surface area contributed by atoms with Gasteiger partial charge in [-0.2, -0.15) is 0 Å². The lowest BCUT2D eigenvalue weighted by Crippen LogP contribution is -2.44.